The van der Waals surface area contributed by atoms with Gasteiger partial charge in [-0.05, 0) is 29.5 Å². The minimum Gasteiger partial charge on any atom is -0.369 e. The molecule has 3 rings (SSSR count). The SMILES string of the molecule is Clc1nc(NCCCc2ncn[nH]2)c2ccsc2n1. The number of aryl methyl sites for hydroxylation is 1. The van der Waals surface area contributed by atoms with Gasteiger partial charge in [0.25, 0.3) is 0 Å². The van der Waals surface area contributed by atoms with Crippen molar-refractivity contribution in [1.29, 1.82) is 0 Å². The van der Waals surface area contributed by atoms with Gasteiger partial charge in [-0.1, -0.05) is 0 Å². The summed E-state index contributed by atoms with van der Waals surface area (Å²) >= 11 is 7.45. The van der Waals surface area contributed by atoms with E-state index in [-0.39, 0.29) is 5.28 Å². The highest BCUT2D eigenvalue weighted by Gasteiger charge is 2.07. The molecule has 0 bridgehead atoms. The van der Waals surface area contributed by atoms with Crippen molar-refractivity contribution in [3.63, 3.8) is 0 Å². The fraction of sp³-hybridized carbons (Fsp3) is 0.273. The molecule has 0 spiro atoms. The molecule has 0 aromatic carbocycles. The van der Waals surface area contributed by atoms with Crippen molar-refractivity contribution in [2.45, 2.75) is 12.8 Å². The van der Waals surface area contributed by atoms with E-state index in [0.29, 0.717) is 0 Å². The summed E-state index contributed by atoms with van der Waals surface area (Å²) < 4.78 is 0. The normalized spacial score (nSPS) is 11.0. The minimum atomic E-state index is 0.271. The maximum Gasteiger partial charge on any atom is 0.225 e. The van der Waals surface area contributed by atoms with Crippen molar-refractivity contribution in [1.82, 2.24) is 25.1 Å². The zero-order valence-electron chi connectivity index (χ0n) is 9.93. The number of fused-ring (bicyclic) bond motifs is 1. The number of anilines is 1. The molecule has 0 atom stereocenters. The number of hydrogen-bond donors (Lipinski definition) is 2. The van der Waals surface area contributed by atoms with Crippen molar-refractivity contribution in [3.8, 4) is 0 Å². The third kappa shape index (κ3) is 2.82. The number of thiophene rings is 1. The Hall–Kier alpha value is -1.73. The van der Waals surface area contributed by atoms with Crippen LogP contribution in [-0.4, -0.2) is 31.7 Å². The Morgan fingerprint density at radius 3 is 3.16 bits per heavy atom. The Morgan fingerprint density at radius 1 is 1.37 bits per heavy atom. The number of H-pyrrole nitrogens is 1. The molecule has 2 N–H and O–H groups in total. The molecule has 98 valence electrons. The Kier molecular flexibility index (Phi) is 3.56. The number of aromatic amines is 1. The number of hydrogen-bond acceptors (Lipinski definition) is 6. The van der Waals surface area contributed by atoms with Crippen LogP contribution in [0.15, 0.2) is 17.8 Å². The lowest BCUT2D eigenvalue weighted by Gasteiger charge is -2.06. The molecular weight excluding hydrogens is 284 g/mol. The quantitative estimate of drug-likeness (QED) is 0.558. The summed E-state index contributed by atoms with van der Waals surface area (Å²) in [6, 6.07) is 2.00. The fourth-order valence-electron chi connectivity index (χ4n) is 1.78. The van der Waals surface area contributed by atoms with E-state index in [1.165, 1.54) is 6.33 Å². The van der Waals surface area contributed by atoms with Gasteiger partial charge in [0.1, 0.15) is 22.8 Å². The van der Waals surface area contributed by atoms with Crippen molar-refractivity contribution in [2.24, 2.45) is 0 Å². The molecule has 0 unspecified atom stereocenters. The predicted molar refractivity (Wildman–Crippen MR) is 75.6 cm³/mol. The van der Waals surface area contributed by atoms with Crippen LogP contribution >= 0.6 is 22.9 Å². The molecule has 6 nitrogen and oxygen atoms in total. The van der Waals surface area contributed by atoms with Gasteiger partial charge in [-0.15, -0.1) is 11.3 Å². The van der Waals surface area contributed by atoms with Crippen molar-refractivity contribution >= 4 is 39.0 Å². The summed E-state index contributed by atoms with van der Waals surface area (Å²) in [7, 11) is 0. The van der Waals surface area contributed by atoms with E-state index >= 15 is 0 Å². The smallest absolute Gasteiger partial charge is 0.225 e. The van der Waals surface area contributed by atoms with Gasteiger partial charge in [-0.3, -0.25) is 5.10 Å². The van der Waals surface area contributed by atoms with Crippen LogP contribution in [-0.2, 0) is 6.42 Å². The van der Waals surface area contributed by atoms with Crippen LogP contribution in [0.5, 0.6) is 0 Å². The van der Waals surface area contributed by atoms with Gasteiger partial charge in [0, 0.05) is 13.0 Å². The molecule has 3 aromatic heterocycles. The summed E-state index contributed by atoms with van der Waals surface area (Å²) in [6.07, 6.45) is 3.29. The molecule has 0 radical (unpaired) electrons. The molecule has 19 heavy (non-hydrogen) atoms. The molecule has 3 heterocycles. The van der Waals surface area contributed by atoms with Crippen LogP contribution in [0.4, 0.5) is 5.82 Å². The Bertz CT molecular complexity index is 665. The average molecular weight is 295 g/mol. The Morgan fingerprint density at radius 2 is 2.32 bits per heavy atom. The molecule has 0 aliphatic heterocycles. The lowest BCUT2D eigenvalue weighted by Crippen LogP contribution is -2.06. The highest BCUT2D eigenvalue weighted by atomic mass is 35.5. The number of halogens is 1. The van der Waals surface area contributed by atoms with E-state index in [1.807, 2.05) is 11.4 Å². The molecule has 0 amide bonds. The maximum atomic E-state index is 5.90. The van der Waals surface area contributed by atoms with E-state index < -0.39 is 0 Å². The lowest BCUT2D eigenvalue weighted by molar-refractivity contribution is 0.804. The number of aromatic nitrogens is 5. The van der Waals surface area contributed by atoms with Crippen LogP contribution in [0.25, 0.3) is 10.2 Å². The second-order valence-corrected chi connectivity index (χ2v) is 5.18. The number of nitrogens with zero attached hydrogens (tertiary/aromatic N) is 4. The summed E-state index contributed by atoms with van der Waals surface area (Å²) in [5.41, 5.74) is 0. The summed E-state index contributed by atoms with van der Waals surface area (Å²) in [5.74, 6) is 1.68. The van der Waals surface area contributed by atoms with Crippen molar-refractivity contribution in [3.05, 3.63) is 28.9 Å². The highest BCUT2D eigenvalue weighted by Crippen LogP contribution is 2.26. The molecule has 0 saturated heterocycles. The second kappa shape index (κ2) is 5.50. The molecule has 3 aromatic rings. The zero-order valence-corrected chi connectivity index (χ0v) is 11.5. The van der Waals surface area contributed by atoms with Gasteiger partial charge in [0.05, 0.1) is 5.39 Å². The molecule has 8 heteroatoms. The van der Waals surface area contributed by atoms with Crippen LogP contribution in [0.2, 0.25) is 5.28 Å². The van der Waals surface area contributed by atoms with Gasteiger partial charge in [0.15, 0.2) is 0 Å². The molecule has 0 aliphatic rings. The van der Waals surface area contributed by atoms with Gasteiger partial charge < -0.3 is 5.32 Å². The lowest BCUT2D eigenvalue weighted by atomic mass is 10.3. The molecule has 0 saturated carbocycles. The highest BCUT2D eigenvalue weighted by molar-refractivity contribution is 7.16. The van der Waals surface area contributed by atoms with Crippen LogP contribution in [0.3, 0.4) is 0 Å². The van der Waals surface area contributed by atoms with Gasteiger partial charge in [0.2, 0.25) is 5.28 Å². The maximum absolute atomic E-state index is 5.90. The first kappa shape index (κ1) is 12.3. The first-order valence-electron chi connectivity index (χ1n) is 5.82. The summed E-state index contributed by atoms with van der Waals surface area (Å²) in [5, 5.41) is 13.2. The summed E-state index contributed by atoms with van der Waals surface area (Å²) in [6.45, 7) is 0.791. The fourth-order valence-corrected chi connectivity index (χ4v) is 2.76. The molecular formula is C11H11ClN6S. The van der Waals surface area contributed by atoms with Crippen LogP contribution < -0.4 is 5.32 Å². The van der Waals surface area contributed by atoms with Crippen LogP contribution in [0.1, 0.15) is 12.2 Å². The van der Waals surface area contributed by atoms with Crippen molar-refractivity contribution in [2.75, 3.05) is 11.9 Å². The van der Waals surface area contributed by atoms with Gasteiger partial charge in [-0.25, -0.2) is 15.0 Å². The Labute approximate surface area is 118 Å². The largest absolute Gasteiger partial charge is 0.369 e. The third-order valence-corrected chi connectivity index (χ3v) is 3.62. The van der Waals surface area contributed by atoms with E-state index in [9.17, 15) is 0 Å². The van der Waals surface area contributed by atoms with Gasteiger partial charge >= 0.3 is 0 Å². The average Bonchev–Trinajstić information content (AvgIpc) is 3.04. The monoisotopic (exact) mass is 294 g/mol. The number of rotatable bonds is 5. The van der Waals surface area contributed by atoms with Gasteiger partial charge in [-0.2, -0.15) is 5.10 Å². The summed E-state index contributed by atoms with van der Waals surface area (Å²) in [4.78, 5) is 13.4. The Balaban J connectivity index is 1.63. The van der Waals surface area contributed by atoms with E-state index in [4.69, 9.17) is 11.6 Å². The molecule has 0 fully saturated rings. The molecule has 0 aliphatic carbocycles. The van der Waals surface area contributed by atoms with E-state index in [1.54, 1.807) is 11.3 Å². The number of nitrogens with one attached hydrogen (secondary N) is 2. The van der Waals surface area contributed by atoms with Crippen LogP contribution in [0, 0.1) is 0 Å². The second-order valence-electron chi connectivity index (χ2n) is 3.94. The first-order valence-corrected chi connectivity index (χ1v) is 7.07. The zero-order chi connectivity index (χ0) is 13.1. The third-order valence-electron chi connectivity index (χ3n) is 2.65. The topological polar surface area (TPSA) is 79.4 Å². The van der Waals surface area contributed by atoms with E-state index in [0.717, 1.165) is 41.2 Å². The predicted octanol–water partition coefficient (Wildman–Crippen LogP) is 2.51. The standard InChI is InChI=1S/C11H11ClN6S/c12-11-16-9(7-3-5-19-10(7)17-11)13-4-1-2-8-14-6-15-18-8/h3,5-6H,1-2,4H2,(H,13,16,17)(H,14,15,18). The van der Waals surface area contributed by atoms with E-state index in [2.05, 4.69) is 30.5 Å². The minimum absolute atomic E-state index is 0.271. The first-order chi connectivity index (χ1) is 9.33. The van der Waals surface area contributed by atoms with Crippen molar-refractivity contribution < 1.29 is 0 Å².